The number of carbonyl (C=O) groups is 1. The molecule has 0 aromatic heterocycles. The Hall–Kier alpha value is -1.57. The number of esters is 1. The number of aliphatic hydroxyl groups is 1. The minimum Gasteiger partial charge on any atom is -0.494 e. The molecule has 1 rings (SSSR count). The Morgan fingerprint density at radius 1 is 1.43 bits per heavy atom. The third-order valence-electron chi connectivity index (χ3n) is 3.20. The summed E-state index contributed by atoms with van der Waals surface area (Å²) in [7, 11) is -0.587. The fraction of sp³-hybridized carbons (Fsp3) is 0.562. The van der Waals surface area contributed by atoms with Crippen molar-refractivity contribution in [3.63, 3.8) is 0 Å². The first-order valence-corrected chi connectivity index (χ1v) is 8.00. The van der Waals surface area contributed by atoms with Gasteiger partial charge in [-0.3, -0.25) is 4.79 Å². The molecule has 3 N–H and O–H groups in total. The lowest BCUT2D eigenvalue weighted by Crippen LogP contribution is -2.31. The van der Waals surface area contributed by atoms with Gasteiger partial charge in [-0.25, -0.2) is 0 Å². The van der Waals surface area contributed by atoms with Crippen molar-refractivity contribution in [3.05, 3.63) is 29.8 Å². The minimum atomic E-state index is -0.621. The lowest BCUT2D eigenvalue weighted by molar-refractivity contribution is -0.143. The fourth-order valence-electron chi connectivity index (χ4n) is 2.05. The third-order valence-corrected chi connectivity index (χ3v) is 3.20. The van der Waals surface area contributed by atoms with Gasteiger partial charge < -0.3 is 24.8 Å². The standard InChI is InChI=1S/C16H26BNO5/c1-3-22-16(20)8-5-11-23-14-7-4-6-13(12-14)15(19)9-10-18-17(2)21/h4,6-7,12,15,18-19,21H,3,5,8-11H2,1-2H3. The zero-order valence-electron chi connectivity index (χ0n) is 13.8. The summed E-state index contributed by atoms with van der Waals surface area (Å²) >= 11 is 0. The highest BCUT2D eigenvalue weighted by Crippen LogP contribution is 2.21. The van der Waals surface area contributed by atoms with Crippen LogP contribution in [0.15, 0.2) is 24.3 Å². The molecule has 0 heterocycles. The van der Waals surface area contributed by atoms with Crippen LogP contribution in [0.3, 0.4) is 0 Å². The Balaban J connectivity index is 2.36. The second-order valence-electron chi connectivity index (χ2n) is 5.26. The summed E-state index contributed by atoms with van der Waals surface area (Å²) in [6.45, 7) is 4.74. The Morgan fingerprint density at radius 2 is 2.22 bits per heavy atom. The van der Waals surface area contributed by atoms with Crippen LogP contribution in [-0.4, -0.2) is 42.9 Å². The molecule has 0 amide bonds. The Morgan fingerprint density at radius 3 is 2.91 bits per heavy atom. The molecule has 0 fully saturated rings. The van der Waals surface area contributed by atoms with E-state index in [1.165, 1.54) is 0 Å². The van der Waals surface area contributed by atoms with Crippen LogP contribution < -0.4 is 9.96 Å². The molecule has 0 aliphatic rings. The van der Waals surface area contributed by atoms with Gasteiger partial charge in [0.15, 0.2) is 0 Å². The maximum absolute atomic E-state index is 11.2. The lowest BCUT2D eigenvalue weighted by atomic mass is 9.88. The normalized spacial score (nSPS) is 11.8. The van der Waals surface area contributed by atoms with Crippen molar-refractivity contribution in [3.8, 4) is 5.75 Å². The number of nitrogens with one attached hydrogen (secondary N) is 1. The molecule has 0 aliphatic carbocycles. The van der Waals surface area contributed by atoms with Gasteiger partial charge in [0.05, 0.1) is 19.3 Å². The Bertz CT molecular complexity index is 470. The average molecular weight is 323 g/mol. The zero-order valence-corrected chi connectivity index (χ0v) is 13.8. The topological polar surface area (TPSA) is 88.0 Å². The molecule has 0 saturated carbocycles. The zero-order chi connectivity index (χ0) is 17.1. The van der Waals surface area contributed by atoms with Crippen LogP contribution in [0.25, 0.3) is 0 Å². The molecule has 1 aromatic rings. The first-order valence-electron chi connectivity index (χ1n) is 8.00. The molecule has 0 radical (unpaired) electrons. The van der Waals surface area contributed by atoms with Crippen molar-refractivity contribution in [2.24, 2.45) is 0 Å². The number of rotatable bonds is 11. The molecular weight excluding hydrogens is 297 g/mol. The monoisotopic (exact) mass is 323 g/mol. The second-order valence-corrected chi connectivity index (χ2v) is 5.26. The van der Waals surface area contributed by atoms with Crippen LogP contribution in [0.4, 0.5) is 0 Å². The number of ether oxygens (including phenoxy) is 2. The smallest absolute Gasteiger partial charge is 0.373 e. The lowest BCUT2D eigenvalue weighted by Gasteiger charge is -2.13. The van der Waals surface area contributed by atoms with Gasteiger partial charge in [-0.05, 0) is 50.8 Å². The molecular formula is C16H26BNO5. The van der Waals surface area contributed by atoms with E-state index in [1.807, 2.05) is 18.2 Å². The van der Waals surface area contributed by atoms with Gasteiger partial charge in [0, 0.05) is 6.42 Å². The minimum absolute atomic E-state index is 0.217. The highest BCUT2D eigenvalue weighted by atomic mass is 16.5. The quantitative estimate of drug-likeness (QED) is 0.325. The third kappa shape index (κ3) is 8.59. The van der Waals surface area contributed by atoms with Crippen LogP contribution in [0.5, 0.6) is 5.75 Å². The van der Waals surface area contributed by atoms with Crippen LogP contribution in [0.1, 0.15) is 37.9 Å². The number of aliphatic hydroxyl groups excluding tert-OH is 1. The summed E-state index contributed by atoms with van der Waals surface area (Å²) in [5, 5.41) is 22.1. The van der Waals surface area contributed by atoms with Gasteiger partial charge in [-0.15, -0.1) is 0 Å². The van der Waals surface area contributed by atoms with Crippen molar-refractivity contribution < 1.29 is 24.4 Å². The van der Waals surface area contributed by atoms with E-state index in [4.69, 9.17) is 14.5 Å². The van der Waals surface area contributed by atoms with E-state index in [1.54, 1.807) is 19.8 Å². The van der Waals surface area contributed by atoms with E-state index < -0.39 is 13.2 Å². The molecule has 0 bridgehead atoms. The molecule has 0 spiro atoms. The number of hydrogen-bond acceptors (Lipinski definition) is 6. The molecule has 0 saturated heterocycles. The van der Waals surface area contributed by atoms with Crippen molar-refractivity contribution in [2.75, 3.05) is 19.8 Å². The molecule has 1 atom stereocenters. The van der Waals surface area contributed by atoms with Crippen LogP contribution in [0.2, 0.25) is 6.82 Å². The van der Waals surface area contributed by atoms with E-state index >= 15 is 0 Å². The molecule has 1 aromatic carbocycles. The SMILES string of the molecule is CCOC(=O)CCCOc1cccc(C(O)CCNB(C)O)c1. The molecule has 23 heavy (non-hydrogen) atoms. The van der Waals surface area contributed by atoms with Gasteiger partial charge in [-0.1, -0.05) is 12.1 Å². The predicted molar refractivity (Wildman–Crippen MR) is 89.2 cm³/mol. The number of carbonyl (C=O) groups excluding carboxylic acids is 1. The highest BCUT2D eigenvalue weighted by molar-refractivity contribution is 6.45. The van der Waals surface area contributed by atoms with E-state index in [2.05, 4.69) is 5.23 Å². The van der Waals surface area contributed by atoms with E-state index in [9.17, 15) is 9.90 Å². The molecule has 1 unspecified atom stereocenters. The summed E-state index contributed by atoms with van der Waals surface area (Å²) in [6, 6.07) is 7.26. The van der Waals surface area contributed by atoms with E-state index in [-0.39, 0.29) is 5.97 Å². The van der Waals surface area contributed by atoms with Gasteiger partial charge in [0.25, 0.3) is 0 Å². The molecule has 128 valence electrons. The molecule has 0 aliphatic heterocycles. The van der Waals surface area contributed by atoms with Crippen molar-refractivity contribution in [2.45, 2.75) is 39.1 Å². The van der Waals surface area contributed by atoms with Crippen molar-refractivity contribution in [1.29, 1.82) is 0 Å². The van der Waals surface area contributed by atoms with E-state index in [0.717, 1.165) is 5.56 Å². The van der Waals surface area contributed by atoms with Crippen LogP contribution in [0, 0.1) is 0 Å². The van der Waals surface area contributed by atoms with Crippen molar-refractivity contribution >= 4 is 13.0 Å². The second kappa shape index (κ2) is 11.0. The number of benzene rings is 1. The summed E-state index contributed by atoms with van der Waals surface area (Å²) in [4.78, 5) is 11.2. The van der Waals surface area contributed by atoms with Gasteiger partial charge >= 0.3 is 13.0 Å². The summed E-state index contributed by atoms with van der Waals surface area (Å²) < 4.78 is 10.4. The summed E-state index contributed by atoms with van der Waals surface area (Å²) in [5.41, 5.74) is 0.764. The first kappa shape index (κ1) is 19.5. The molecule has 6 nitrogen and oxygen atoms in total. The van der Waals surface area contributed by atoms with E-state index in [0.29, 0.717) is 44.8 Å². The maximum Gasteiger partial charge on any atom is 0.373 e. The van der Waals surface area contributed by atoms with Crippen LogP contribution in [-0.2, 0) is 9.53 Å². The van der Waals surface area contributed by atoms with Crippen molar-refractivity contribution in [1.82, 2.24) is 5.23 Å². The Kier molecular flexibility index (Phi) is 9.36. The molecule has 7 heteroatoms. The van der Waals surface area contributed by atoms with Crippen LogP contribution >= 0.6 is 0 Å². The highest BCUT2D eigenvalue weighted by Gasteiger charge is 2.10. The van der Waals surface area contributed by atoms with Gasteiger partial charge in [0.1, 0.15) is 5.75 Å². The number of hydrogen-bond donors (Lipinski definition) is 3. The predicted octanol–water partition coefficient (Wildman–Crippen LogP) is 1.53. The first-order chi connectivity index (χ1) is 11.0. The fourth-order valence-corrected chi connectivity index (χ4v) is 2.05. The summed E-state index contributed by atoms with van der Waals surface area (Å²) in [6.07, 6.45) is 0.798. The summed E-state index contributed by atoms with van der Waals surface area (Å²) in [5.74, 6) is 0.444. The van der Waals surface area contributed by atoms with Gasteiger partial charge in [-0.2, -0.15) is 0 Å². The average Bonchev–Trinajstić information content (AvgIpc) is 2.52. The Labute approximate surface area is 137 Å². The largest absolute Gasteiger partial charge is 0.494 e. The van der Waals surface area contributed by atoms with Gasteiger partial charge in [0.2, 0.25) is 0 Å². The maximum atomic E-state index is 11.2.